The van der Waals surface area contributed by atoms with Crippen molar-refractivity contribution in [2.45, 2.75) is 38.3 Å². The van der Waals surface area contributed by atoms with Crippen molar-refractivity contribution in [2.24, 2.45) is 5.92 Å². The minimum atomic E-state index is -0.0841. The van der Waals surface area contributed by atoms with E-state index in [0.717, 1.165) is 38.2 Å². The maximum atomic E-state index is 12.6. The number of likely N-dealkylation sites (tertiary alicyclic amines) is 2. The number of furan rings is 1. The summed E-state index contributed by atoms with van der Waals surface area (Å²) < 4.78 is 5.36. The maximum absolute atomic E-state index is 12.6. The number of urea groups is 1. The van der Waals surface area contributed by atoms with Crippen molar-refractivity contribution in [1.29, 1.82) is 0 Å². The topological polar surface area (TPSA) is 48.7 Å². The third-order valence-corrected chi connectivity index (χ3v) is 4.84. The Kier molecular flexibility index (Phi) is 4.19. The highest BCUT2D eigenvalue weighted by Crippen LogP contribution is 2.30. The van der Waals surface area contributed by atoms with Crippen LogP contribution < -0.4 is 5.32 Å². The summed E-state index contributed by atoms with van der Waals surface area (Å²) in [5.41, 5.74) is 0. The number of nitrogens with zero attached hydrogens (tertiary/aromatic N) is 2. The monoisotopic (exact) mass is 291 g/mol. The summed E-state index contributed by atoms with van der Waals surface area (Å²) in [5, 5.41) is 3.08. The zero-order chi connectivity index (χ0) is 14.8. The van der Waals surface area contributed by atoms with Crippen LogP contribution in [0, 0.1) is 5.92 Å². The van der Waals surface area contributed by atoms with Gasteiger partial charge in [0.2, 0.25) is 0 Å². The van der Waals surface area contributed by atoms with Crippen LogP contribution in [0.2, 0.25) is 0 Å². The van der Waals surface area contributed by atoms with Gasteiger partial charge in [-0.2, -0.15) is 0 Å². The maximum Gasteiger partial charge on any atom is 0.318 e. The summed E-state index contributed by atoms with van der Waals surface area (Å²) in [6.07, 6.45) is 5.08. The molecule has 5 heteroatoms. The summed E-state index contributed by atoms with van der Waals surface area (Å²) in [7, 11) is 2.17. The zero-order valence-corrected chi connectivity index (χ0v) is 12.9. The third-order valence-electron chi connectivity index (χ3n) is 4.84. The van der Waals surface area contributed by atoms with Crippen molar-refractivity contribution in [3.8, 4) is 0 Å². The van der Waals surface area contributed by atoms with E-state index in [1.807, 2.05) is 19.1 Å². The average Bonchev–Trinajstić information content (AvgIpc) is 3.00. The smallest absolute Gasteiger partial charge is 0.318 e. The SMILES string of the molecule is C[C@H](NC(=O)N1CCC[C@H]2CN(C)CC[C@H]21)c1ccco1. The molecule has 5 nitrogen and oxygen atoms in total. The Labute approximate surface area is 126 Å². The van der Waals surface area contributed by atoms with Crippen LogP contribution in [0.4, 0.5) is 4.79 Å². The van der Waals surface area contributed by atoms with Gasteiger partial charge in [0.1, 0.15) is 5.76 Å². The van der Waals surface area contributed by atoms with E-state index >= 15 is 0 Å². The molecule has 0 radical (unpaired) electrons. The minimum Gasteiger partial charge on any atom is -0.467 e. The van der Waals surface area contributed by atoms with E-state index < -0.39 is 0 Å². The number of carbonyl (C=O) groups is 1. The highest BCUT2D eigenvalue weighted by molar-refractivity contribution is 5.75. The molecular weight excluding hydrogens is 266 g/mol. The normalized spacial score (nSPS) is 28.0. The Morgan fingerprint density at radius 1 is 1.43 bits per heavy atom. The van der Waals surface area contributed by atoms with Crippen molar-refractivity contribution >= 4 is 6.03 Å². The van der Waals surface area contributed by atoms with Crippen LogP contribution in [0.1, 0.15) is 38.0 Å². The van der Waals surface area contributed by atoms with Gasteiger partial charge in [-0.15, -0.1) is 0 Å². The first-order valence-corrected chi connectivity index (χ1v) is 7.94. The van der Waals surface area contributed by atoms with Crippen LogP contribution in [-0.2, 0) is 0 Å². The van der Waals surface area contributed by atoms with Crippen molar-refractivity contribution in [2.75, 3.05) is 26.7 Å². The molecular formula is C16H25N3O2. The molecule has 0 aromatic carbocycles. The Balaban J connectivity index is 1.63. The Morgan fingerprint density at radius 3 is 3.05 bits per heavy atom. The number of rotatable bonds is 2. The molecule has 3 rings (SSSR count). The minimum absolute atomic E-state index is 0.0538. The molecule has 0 saturated carbocycles. The summed E-state index contributed by atoms with van der Waals surface area (Å²) in [5.74, 6) is 1.43. The number of hydrogen-bond donors (Lipinski definition) is 1. The first-order chi connectivity index (χ1) is 10.1. The molecule has 0 bridgehead atoms. The molecule has 0 unspecified atom stereocenters. The van der Waals surface area contributed by atoms with Gasteiger partial charge < -0.3 is 19.5 Å². The van der Waals surface area contributed by atoms with Gasteiger partial charge >= 0.3 is 6.03 Å². The van der Waals surface area contributed by atoms with Crippen molar-refractivity contribution < 1.29 is 9.21 Å². The molecule has 0 aliphatic carbocycles. The van der Waals surface area contributed by atoms with Gasteiger partial charge in [-0.1, -0.05) is 0 Å². The van der Waals surface area contributed by atoms with E-state index in [9.17, 15) is 4.79 Å². The van der Waals surface area contributed by atoms with Gasteiger partial charge in [0.05, 0.1) is 12.3 Å². The largest absolute Gasteiger partial charge is 0.467 e. The molecule has 1 N–H and O–H groups in total. The van der Waals surface area contributed by atoms with Crippen molar-refractivity contribution in [3.05, 3.63) is 24.2 Å². The number of carbonyl (C=O) groups excluding carboxylic acids is 1. The molecule has 116 valence electrons. The zero-order valence-electron chi connectivity index (χ0n) is 12.9. The van der Waals surface area contributed by atoms with Crippen LogP contribution >= 0.6 is 0 Å². The standard InChI is InChI=1S/C16H25N3O2/c1-12(15-6-4-10-21-15)17-16(20)19-8-3-5-13-11-18(2)9-7-14(13)19/h4,6,10,12-14H,3,5,7-9,11H2,1-2H3,(H,17,20)/t12-,13-,14+/m0/s1. The second-order valence-corrected chi connectivity index (χ2v) is 6.40. The van der Waals surface area contributed by atoms with E-state index in [4.69, 9.17) is 4.42 Å². The van der Waals surface area contributed by atoms with Crippen LogP contribution in [0.25, 0.3) is 0 Å². The van der Waals surface area contributed by atoms with Crippen LogP contribution in [0.15, 0.2) is 22.8 Å². The number of nitrogens with one attached hydrogen (secondary N) is 1. The fourth-order valence-electron chi connectivity index (χ4n) is 3.71. The van der Waals surface area contributed by atoms with Crippen LogP contribution in [-0.4, -0.2) is 48.6 Å². The highest BCUT2D eigenvalue weighted by Gasteiger charge is 2.37. The molecule has 3 heterocycles. The van der Waals surface area contributed by atoms with Crippen LogP contribution in [0.3, 0.4) is 0 Å². The number of piperidine rings is 2. The van der Waals surface area contributed by atoms with E-state index in [0.29, 0.717) is 12.0 Å². The predicted octanol–water partition coefficient (Wildman–Crippen LogP) is 2.47. The summed E-state index contributed by atoms with van der Waals surface area (Å²) in [6, 6.07) is 4.13. The molecule has 0 spiro atoms. The van der Waals surface area contributed by atoms with Gasteiger partial charge in [0.15, 0.2) is 0 Å². The quantitative estimate of drug-likeness (QED) is 0.910. The Hall–Kier alpha value is -1.49. The van der Waals surface area contributed by atoms with Crippen molar-refractivity contribution in [1.82, 2.24) is 15.1 Å². The first kappa shape index (κ1) is 14.4. The number of fused-ring (bicyclic) bond motifs is 1. The van der Waals surface area contributed by atoms with Gasteiger partial charge in [0.25, 0.3) is 0 Å². The fourth-order valence-corrected chi connectivity index (χ4v) is 3.71. The van der Waals surface area contributed by atoms with Crippen molar-refractivity contribution in [3.63, 3.8) is 0 Å². The lowest BCUT2D eigenvalue weighted by Crippen LogP contribution is -2.57. The van der Waals surface area contributed by atoms with Crippen LogP contribution in [0.5, 0.6) is 0 Å². The number of amides is 2. The lowest BCUT2D eigenvalue weighted by atomic mass is 9.84. The van der Waals surface area contributed by atoms with E-state index in [2.05, 4.69) is 22.2 Å². The van der Waals surface area contributed by atoms with E-state index in [1.165, 1.54) is 6.42 Å². The lowest BCUT2D eigenvalue weighted by Gasteiger charge is -2.46. The van der Waals surface area contributed by atoms with Gasteiger partial charge in [-0.05, 0) is 57.8 Å². The molecule has 1 aromatic heterocycles. The molecule has 2 aliphatic heterocycles. The highest BCUT2D eigenvalue weighted by atomic mass is 16.3. The Morgan fingerprint density at radius 2 is 2.29 bits per heavy atom. The second kappa shape index (κ2) is 6.10. The molecule has 2 amide bonds. The fraction of sp³-hybridized carbons (Fsp3) is 0.688. The van der Waals surface area contributed by atoms with Gasteiger partial charge in [-0.3, -0.25) is 0 Å². The molecule has 2 aliphatic rings. The summed E-state index contributed by atoms with van der Waals surface area (Å²) in [6.45, 7) is 5.04. The average molecular weight is 291 g/mol. The second-order valence-electron chi connectivity index (χ2n) is 6.40. The predicted molar refractivity (Wildman–Crippen MR) is 81.0 cm³/mol. The molecule has 2 fully saturated rings. The molecule has 1 aromatic rings. The van der Waals surface area contributed by atoms with E-state index in [-0.39, 0.29) is 12.1 Å². The van der Waals surface area contributed by atoms with Gasteiger partial charge in [-0.25, -0.2) is 4.79 Å². The summed E-state index contributed by atoms with van der Waals surface area (Å²) in [4.78, 5) is 17.0. The van der Waals surface area contributed by atoms with Gasteiger partial charge in [0, 0.05) is 19.1 Å². The number of hydrogen-bond acceptors (Lipinski definition) is 3. The molecule has 2 saturated heterocycles. The lowest BCUT2D eigenvalue weighted by molar-refractivity contribution is 0.0523. The summed E-state index contributed by atoms with van der Waals surface area (Å²) >= 11 is 0. The Bertz CT molecular complexity index is 474. The molecule has 3 atom stereocenters. The third kappa shape index (κ3) is 3.07. The van der Waals surface area contributed by atoms with E-state index in [1.54, 1.807) is 6.26 Å². The first-order valence-electron chi connectivity index (χ1n) is 7.94. The molecule has 21 heavy (non-hydrogen) atoms.